The van der Waals surface area contributed by atoms with Gasteiger partial charge in [-0.05, 0) is 30.0 Å². The molecule has 0 atom stereocenters. The van der Waals surface area contributed by atoms with Crippen LogP contribution in [0.1, 0.15) is 10.7 Å². The van der Waals surface area contributed by atoms with E-state index in [-0.39, 0.29) is 18.2 Å². The third-order valence-corrected chi connectivity index (χ3v) is 5.42. The summed E-state index contributed by atoms with van der Waals surface area (Å²) in [6.07, 6.45) is 1.95. The van der Waals surface area contributed by atoms with E-state index in [9.17, 15) is 13.2 Å². The molecule has 3 aromatic rings. The number of amides is 1. The molecule has 0 saturated carbocycles. The van der Waals surface area contributed by atoms with E-state index in [1.54, 1.807) is 15.9 Å². The first-order chi connectivity index (χ1) is 11.9. The second kappa shape index (κ2) is 7.37. The molecule has 0 aliphatic heterocycles. The van der Waals surface area contributed by atoms with Crippen molar-refractivity contribution in [3.05, 3.63) is 52.5 Å². The Kier molecular flexibility index (Phi) is 5.19. The van der Waals surface area contributed by atoms with E-state index >= 15 is 0 Å². The highest BCUT2D eigenvalue weighted by atomic mass is 32.2. The zero-order chi connectivity index (χ0) is 17.9. The zero-order valence-corrected chi connectivity index (χ0v) is 15.4. The molecule has 0 fully saturated rings. The third kappa shape index (κ3) is 4.67. The number of hydrogen-bond acceptors (Lipinski definition) is 5. The number of carbonyl (C=O) groups is 1. The summed E-state index contributed by atoms with van der Waals surface area (Å²) in [6, 6.07) is 11.4. The number of fused-ring (bicyclic) bond motifs is 1. The number of aromatic nitrogens is 2. The Morgan fingerprint density at radius 2 is 2.04 bits per heavy atom. The topological polar surface area (TPSA) is 81.1 Å². The van der Waals surface area contributed by atoms with Crippen LogP contribution >= 0.6 is 11.3 Å². The van der Waals surface area contributed by atoms with Gasteiger partial charge >= 0.3 is 0 Å². The largest absolute Gasteiger partial charge is 0.354 e. The number of imidazole rings is 1. The lowest BCUT2D eigenvalue weighted by Gasteiger charge is -2.09. The molecular formula is C17H19N3O3S2. The molecule has 2 aromatic heterocycles. The van der Waals surface area contributed by atoms with Gasteiger partial charge in [-0.2, -0.15) is 0 Å². The van der Waals surface area contributed by atoms with Gasteiger partial charge in [-0.15, -0.1) is 11.3 Å². The minimum Gasteiger partial charge on any atom is -0.354 e. The summed E-state index contributed by atoms with van der Waals surface area (Å²) in [5.41, 5.74) is 1.45. The molecule has 0 unspecified atom stereocenters. The summed E-state index contributed by atoms with van der Waals surface area (Å²) in [5, 5.41) is 4.89. The van der Waals surface area contributed by atoms with Crippen molar-refractivity contribution < 1.29 is 13.2 Å². The van der Waals surface area contributed by atoms with Crippen molar-refractivity contribution in [2.24, 2.45) is 0 Å². The number of hydrogen-bond donors (Lipinski definition) is 1. The number of benzene rings is 1. The van der Waals surface area contributed by atoms with Crippen LogP contribution in [-0.2, 0) is 33.4 Å². The molecule has 132 valence electrons. The molecule has 0 spiro atoms. The number of carbonyl (C=O) groups excluding carboxylic acids is 1. The van der Waals surface area contributed by atoms with Crippen molar-refractivity contribution in [2.75, 3.05) is 12.8 Å². The van der Waals surface area contributed by atoms with Gasteiger partial charge in [0.2, 0.25) is 5.91 Å². The molecule has 0 aliphatic rings. The highest BCUT2D eigenvalue weighted by Crippen LogP contribution is 2.17. The van der Waals surface area contributed by atoms with E-state index in [1.165, 1.54) is 4.88 Å². The zero-order valence-electron chi connectivity index (χ0n) is 13.8. The first kappa shape index (κ1) is 17.6. The second-order valence-electron chi connectivity index (χ2n) is 5.85. The fraction of sp³-hybridized carbons (Fsp3) is 0.294. The maximum atomic E-state index is 12.3. The molecule has 0 radical (unpaired) electrons. The molecule has 3 rings (SSSR count). The van der Waals surface area contributed by atoms with Crippen molar-refractivity contribution in [3.8, 4) is 0 Å². The lowest BCUT2D eigenvalue weighted by molar-refractivity contribution is -0.121. The van der Waals surface area contributed by atoms with Gasteiger partial charge in [0.15, 0.2) is 9.84 Å². The van der Waals surface area contributed by atoms with Gasteiger partial charge in [-0.3, -0.25) is 4.79 Å². The van der Waals surface area contributed by atoms with E-state index in [0.717, 1.165) is 18.2 Å². The van der Waals surface area contributed by atoms with E-state index in [2.05, 4.69) is 10.3 Å². The highest BCUT2D eigenvalue weighted by molar-refractivity contribution is 7.89. The van der Waals surface area contributed by atoms with Crippen molar-refractivity contribution in [2.45, 2.75) is 18.7 Å². The Bertz CT molecular complexity index is 976. The minimum absolute atomic E-state index is 0.0514. The van der Waals surface area contributed by atoms with Gasteiger partial charge in [-0.1, -0.05) is 18.2 Å². The van der Waals surface area contributed by atoms with E-state index < -0.39 is 9.84 Å². The fourth-order valence-electron chi connectivity index (χ4n) is 2.63. The van der Waals surface area contributed by atoms with E-state index in [1.807, 2.05) is 41.8 Å². The van der Waals surface area contributed by atoms with Gasteiger partial charge < -0.3 is 9.88 Å². The second-order valence-corrected chi connectivity index (χ2v) is 9.02. The van der Waals surface area contributed by atoms with Crippen LogP contribution in [0.5, 0.6) is 0 Å². The first-order valence-corrected chi connectivity index (χ1v) is 10.8. The number of nitrogens with one attached hydrogen (secondary N) is 1. The van der Waals surface area contributed by atoms with Crippen molar-refractivity contribution in [3.63, 3.8) is 0 Å². The molecule has 1 aromatic carbocycles. The summed E-state index contributed by atoms with van der Waals surface area (Å²) < 4.78 is 25.0. The first-order valence-electron chi connectivity index (χ1n) is 7.83. The van der Waals surface area contributed by atoms with Crippen LogP contribution < -0.4 is 5.32 Å². The quantitative estimate of drug-likeness (QED) is 0.683. The Balaban J connectivity index is 1.74. The monoisotopic (exact) mass is 377 g/mol. The molecule has 0 aliphatic carbocycles. The van der Waals surface area contributed by atoms with Gasteiger partial charge in [0.05, 0.1) is 11.0 Å². The van der Waals surface area contributed by atoms with Gasteiger partial charge in [-0.25, -0.2) is 13.4 Å². The molecular weight excluding hydrogens is 358 g/mol. The average Bonchev–Trinajstić information content (AvgIpc) is 3.15. The predicted molar refractivity (Wildman–Crippen MR) is 99.3 cm³/mol. The summed E-state index contributed by atoms with van der Waals surface area (Å²) in [4.78, 5) is 17.9. The Labute approximate surface area is 150 Å². The SMILES string of the molecule is CS(=O)(=O)Cc1nc2ccccc2n1CC(=O)NCCc1cccs1. The lowest BCUT2D eigenvalue weighted by Crippen LogP contribution is -2.30. The van der Waals surface area contributed by atoms with Crippen molar-refractivity contribution >= 4 is 38.1 Å². The number of nitrogens with zero attached hydrogens (tertiary/aromatic N) is 2. The van der Waals surface area contributed by atoms with Crippen molar-refractivity contribution in [1.29, 1.82) is 0 Å². The Morgan fingerprint density at radius 1 is 1.24 bits per heavy atom. The van der Waals surface area contributed by atoms with Crippen LogP contribution in [0.25, 0.3) is 11.0 Å². The van der Waals surface area contributed by atoms with Gasteiger partial charge in [0.1, 0.15) is 18.1 Å². The number of sulfone groups is 1. The summed E-state index contributed by atoms with van der Waals surface area (Å²) in [7, 11) is -3.24. The molecule has 2 heterocycles. The van der Waals surface area contributed by atoms with Crippen LogP contribution in [0.4, 0.5) is 0 Å². The lowest BCUT2D eigenvalue weighted by atomic mass is 10.3. The Hall–Kier alpha value is -2.19. The standard InChI is InChI=1S/C17H19N3O3S2/c1-25(22,23)12-16-19-14-6-2-3-7-15(14)20(16)11-17(21)18-9-8-13-5-4-10-24-13/h2-7,10H,8-9,11-12H2,1H3,(H,18,21). The van der Waals surface area contributed by atoms with E-state index in [0.29, 0.717) is 17.9 Å². The number of thiophene rings is 1. The normalized spacial score (nSPS) is 11.7. The molecule has 0 saturated heterocycles. The van der Waals surface area contributed by atoms with Crippen LogP contribution in [0.2, 0.25) is 0 Å². The number of para-hydroxylation sites is 2. The molecule has 6 nitrogen and oxygen atoms in total. The van der Waals surface area contributed by atoms with Crippen molar-refractivity contribution in [1.82, 2.24) is 14.9 Å². The van der Waals surface area contributed by atoms with Crippen LogP contribution in [0, 0.1) is 0 Å². The smallest absolute Gasteiger partial charge is 0.240 e. The van der Waals surface area contributed by atoms with Gasteiger partial charge in [0.25, 0.3) is 0 Å². The van der Waals surface area contributed by atoms with Gasteiger partial charge in [0, 0.05) is 17.7 Å². The molecule has 1 amide bonds. The molecule has 0 bridgehead atoms. The van der Waals surface area contributed by atoms with E-state index in [4.69, 9.17) is 0 Å². The Morgan fingerprint density at radius 3 is 2.76 bits per heavy atom. The maximum Gasteiger partial charge on any atom is 0.240 e. The van der Waals surface area contributed by atoms with Crippen LogP contribution in [-0.4, -0.2) is 36.7 Å². The predicted octanol–water partition coefficient (Wildman–Crippen LogP) is 2.00. The highest BCUT2D eigenvalue weighted by Gasteiger charge is 2.17. The van der Waals surface area contributed by atoms with Crippen LogP contribution in [0.15, 0.2) is 41.8 Å². The molecule has 1 N–H and O–H groups in total. The summed E-state index contributed by atoms with van der Waals surface area (Å²) >= 11 is 1.66. The molecule has 25 heavy (non-hydrogen) atoms. The van der Waals surface area contributed by atoms with Crippen LogP contribution in [0.3, 0.4) is 0 Å². The molecule has 8 heteroatoms. The number of rotatable bonds is 7. The fourth-order valence-corrected chi connectivity index (χ4v) is 4.02. The minimum atomic E-state index is -3.24. The third-order valence-electron chi connectivity index (χ3n) is 3.70. The summed E-state index contributed by atoms with van der Waals surface area (Å²) in [6.45, 7) is 0.600. The summed E-state index contributed by atoms with van der Waals surface area (Å²) in [5.74, 6) is 0.0380. The maximum absolute atomic E-state index is 12.3. The average molecular weight is 377 g/mol.